The maximum absolute atomic E-state index is 11.4. The second-order valence-corrected chi connectivity index (χ2v) is 3.33. The fourth-order valence-corrected chi connectivity index (χ4v) is 1.57. The highest BCUT2D eigenvalue weighted by Crippen LogP contribution is 2.23. The van der Waals surface area contributed by atoms with Crippen LogP contribution in [-0.2, 0) is 4.79 Å². The van der Waals surface area contributed by atoms with Gasteiger partial charge in [-0.25, -0.2) is 0 Å². The highest BCUT2D eigenvalue weighted by molar-refractivity contribution is 6.31. The molecule has 1 atom stereocenters. The number of likely N-dealkylation sites (N-methyl/N-ethyl adjacent to an activating group) is 1. The number of carbonyl (C=O) groups excluding carboxylic acids is 1. The van der Waals surface area contributed by atoms with Gasteiger partial charge in [0, 0.05) is 18.6 Å². The average molecular weight is 213 g/mol. The Balaban J connectivity index is 3.01. The van der Waals surface area contributed by atoms with Gasteiger partial charge in [-0.1, -0.05) is 29.8 Å². The van der Waals surface area contributed by atoms with Crippen molar-refractivity contribution in [1.82, 2.24) is 5.32 Å². The summed E-state index contributed by atoms with van der Waals surface area (Å²) in [4.78, 5) is 11.4. The molecule has 0 fully saturated rings. The van der Waals surface area contributed by atoms with E-state index in [2.05, 4.69) is 5.32 Å². The zero-order valence-corrected chi connectivity index (χ0v) is 8.71. The zero-order chi connectivity index (χ0) is 10.6. The van der Waals surface area contributed by atoms with E-state index >= 15 is 0 Å². The molecule has 1 aromatic carbocycles. The van der Waals surface area contributed by atoms with Crippen LogP contribution in [0, 0.1) is 0 Å². The standard InChI is InChI=1S/C10H13ClN2O/c1-13-10(14)8(6-12)7-4-2-3-5-9(7)11/h2-5,8H,6,12H2,1H3,(H,13,14). The first-order valence-corrected chi connectivity index (χ1v) is 4.74. The van der Waals surface area contributed by atoms with E-state index in [1.807, 2.05) is 18.2 Å². The summed E-state index contributed by atoms with van der Waals surface area (Å²) in [5.74, 6) is -0.478. The van der Waals surface area contributed by atoms with Crippen molar-refractivity contribution in [2.24, 2.45) is 5.73 Å². The molecule has 0 aliphatic rings. The summed E-state index contributed by atoms with van der Waals surface area (Å²) in [5.41, 5.74) is 6.30. The van der Waals surface area contributed by atoms with E-state index in [9.17, 15) is 4.79 Å². The minimum atomic E-state index is -0.367. The number of hydrogen-bond acceptors (Lipinski definition) is 2. The fraction of sp³-hybridized carbons (Fsp3) is 0.300. The Morgan fingerprint density at radius 3 is 2.71 bits per heavy atom. The van der Waals surface area contributed by atoms with Gasteiger partial charge in [0.1, 0.15) is 0 Å². The molecule has 0 aliphatic heterocycles. The first-order chi connectivity index (χ1) is 6.70. The number of halogens is 1. The molecule has 3 nitrogen and oxygen atoms in total. The number of nitrogens with two attached hydrogens (primary N) is 1. The van der Waals surface area contributed by atoms with Crippen molar-refractivity contribution in [3.8, 4) is 0 Å². The van der Waals surface area contributed by atoms with Gasteiger partial charge in [-0.05, 0) is 11.6 Å². The third kappa shape index (κ3) is 2.25. The van der Waals surface area contributed by atoms with Crippen molar-refractivity contribution in [2.45, 2.75) is 5.92 Å². The minimum Gasteiger partial charge on any atom is -0.359 e. The molecule has 0 bridgehead atoms. The molecule has 1 aromatic rings. The molecular formula is C10H13ClN2O. The molecule has 0 radical (unpaired) electrons. The van der Waals surface area contributed by atoms with Crippen LogP contribution in [0.4, 0.5) is 0 Å². The average Bonchev–Trinajstić information content (AvgIpc) is 2.21. The van der Waals surface area contributed by atoms with Gasteiger partial charge in [-0.15, -0.1) is 0 Å². The summed E-state index contributed by atoms with van der Waals surface area (Å²) >= 11 is 5.96. The Bertz CT molecular complexity index is 328. The van der Waals surface area contributed by atoms with Crippen molar-refractivity contribution in [2.75, 3.05) is 13.6 Å². The molecule has 1 unspecified atom stereocenters. The van der Waals surface area contributed by atoms with Gasteiger partial charge < -0.3 is 11.1 Å². The molecule has 0 spiro atoms. The zero-order valence-electron chi connectivity index (χ0n) is 7.96. The quantitative estimate of drug-likeness (QED) is 0.789. The lowest BCUT2D eigenvalue weighted by Crippen LogP contribution is -2.31. The van der Waals surface area contributed by atoms with Crippen molar-refractivity contribution in [3.05, 3.63) is 34.9 Å². The number of carbonyl (C=O) groups is 1. The largest absolute Gasteiger partial charge is 0.359 e. The van der Waals surface area contributed by atoms with Crippen LogP contribution in [0.15, 0.2) is 24.3 Å². The minimum absolute atomic E-state index is 0.111. The summed E-state index contributed by atoms with van der Waals surface area (Å²) in [6.45, 7) is 0.253. The van der Waals surface area contributed by atoms with Crippen LogP contribution in [0.25, 0.3) is 0 Å². The van der Waals surface area contributed by atoms with Crippen LogP contribution in [-0.4, -0.2) is 19.5 Å². The number of hydrogen-bond donors (Lipinski definition) is 2. The smallest absolute Gasteiger partial charge is 0.228 e. The van der Waals surface area contributed by atoms with E-state index in [0.29, 0.717) is 5.02 Å². The van der Waals surface area contributed by atoms with Crippen molar-refractivity contribution in [1.29, 1.82) is 0 Å². The van der Waals surface area contributed by atoms with Crippen molar-refractivity contribution < 1.29 is 4.79 Å². The lowest BCUT2D eigenvalue weighted by atomic mass is 9.98. The third-order valence-electron chi connectivity index (χ3n) is 2.08. The molecule has 76 valence electrons. The van der Waals surface area contributed by atoms with Crippen LogP contribution in [0.3, 0.4) is 0 Å². The first-order valence-electron chi connectivity index (χ1n) is 4.36. The van der Waals surface area contributed by atoms with Gasteiger partial charge in [0.2, 0.25) is 5.91 Å². The van der Waals surface area contributed by atoms with Gasteiger partial charge in [0.25, 0.3) is 0 Å². The Hall–Kier alpha value is -1.06. The van der Waals surface area contributed by atoms with Crippen LogP contribution in [0.1, 0.15) is 11.5 Å². The van der Waals surface area contributed by atoms with E-state index in [1.54, 1.807) is 13.1 Å². The normalized spacial score (nSPS) is 12.2. The number of benzene rings is 1. The summed E-state index contributed by atoms with van der Waals surface area (Å²) < 4.78 is 0. The third-order valence-corrected chi connectivity index (χ3v) is 2.42. The number of amides is 1. The lowest BCUT2D eigenvalue weighted by Gasteiger charge is -2.14. The molecule has 0 saturated carbocycles. The van der Waals surface area contributed by atoms with Gasteiger partial charge in [0.15, 0.2) is 0 Å². The highest BCUT2D eigenvalue weighted by atomic mass is 35.5. The molecule has 0 heterocycles. The topological polar surface area (TPSA) is 55.1 Å². The molecule has 1 amide bonds. The Morgan fingerprint density at radius 2 is 2.21 bits per heavy atom. The lowest BCUT2D eigenvalue weighted by molar-refractivity contribution is -0.121. The maximum Gasteiger partial charge on any atom is 0.228 e. The predicted octanol–water partition coefficient (Wildman–Crippen LogP) is 1.13. The highest BCUT2D eigenvalue weighted by Gasteiger charge is 2.19. The Kier molecular flexibility index (Phi) is 3.92. The Morgan fingerprint density at radius 1 is 1.57 bits per heavy atom. The van der Waals surface area contributed by atoms with Gasteiger partial charge in [-0.2, -0.15) is 0 Å². The monoisotopic (exact) mass is 212 g/mol. The second-order valence-electron chi connectivity index (χ2n) is 2.92. The molecule has 0 aromatic heterocycles. The molecule has 3 N–H and O–H groups in total. The number of rotatable bonds is 3. The molecule has 1 rings (SSSR count). The molecule has 4 heteroatoms. The molecule has 14 heavy (non-hydrogen) atoms. The molecule has 0 saturated heterocycles. The maximum atomic E-state index is 11.4. The second kappa shape index (κ2) is 4.98. The van der Waals surface area contributed by atoms with Gasteiger partial charge >= 0.3 is 0 Å². The fourth-order valence-electron chi connectivity index (χ4n) is 1.31. The number of nitrogens with one attached hydrogen (secondary N) is 1. The van der Waals surface area contributed by atoms with Gasteiger partial charge in [-0.3, -0.25) is 4.79 Å². The molecule has 0 aliphatic carbocycles. The van der Waals surface area contributed by atoms with Crippen LogP contribution < -0.4 is 11.1 Å². The molecular weight excluding hydrogens is 200 g/mol. The van der Waals surface area contributed by atoms with E-state index in [1.165, 1.54) is 0 Å². The van der Waals surface area contributed by atoms with E-state index < -0.39 is 0 Å². The van der Waals surface area contributed by atoms with Crippen LogP contribution >= 0.6 is 11.6 Å². The summed E-state index contributed by atoms with van der Waals surface area (Å²) in [6, 6.07) is 7.23. The summed E-state index contributed by atoms with van der Waals surface area (Å²) in [6.07, 6.45) is 0. The van der Waals surface area contributed by atoms with Crippen molar-refractivity contribution >= 4 is 17.5 Å². The predicted molar refractivity (Wildman–Crippen MR) is 57.3 cm³/mol. The summed E-state index contributed by atoms with van der Waals surface area (Å²) in [7, 11) is 1.59. The van der Waals surface area contributed by atoms with Crippen LogP contribution in [0.5, 0.6) is 0 Å². The van der Waals surface area contributed by atoms with E-state index in [-0.39, 0.29) is 18.4 Å². The SMILES string of the molecule is CNC(=O)C(CN)c1ccccc1Cl. The Labute approximate surface area is 88.2 Å². The van der Waals surface area contributed by atoms with Gasteiger partial charge in [0.05, 0.1) is 5.92 Å². The first kappa shape index (κ1) is 11.0. The van der Waals surface area contributed by atoms with E-state index in [4.69, 9.17) is 17.3 Å². The summed E-state index contributed by atoms with van der Waals surface area (Å²) in [5, 5.41) is 3.14. The van der Waals surface area contributed by atoms with E-state index in [0.717, 1.165) is 5.56 Å². The van der Waals surface area contributed by atoms with Crippen molar-refractivity contribution in [3.63, 3.8) is 0 Å². The van der Waals surface area contributed by atoms with Crippen LogP contribution in [0.2, 0.25) is 5.02 Å².